The largest absolute Gasteiger partial charge is 0.561 e. The van der Waals surface area contributed by atoms with E-state index in [0.29, 0.717) is 17.0 Å². The van der Waals surface area contributed by atoms with Gasteiger partial charge < -0.3 is 10.4 Å². The maximum atomic E-state index is 12.4. The van der Waals surface area contributed by atoms with Gasteiger partial charge in [-0.1, -0.05) is 41.9 Å². The molecule has 0 atom stereocenters. The fourth-order valence-corrected chi connectivity index (χ4v) is 2.60. The van der Waals surface area contributed by atoms with Gasteiger partial charge in [0.1, 0.15) is 0 Å². The average Bonchev–Trinajstić information content (AvgIpc) is 2.78. The van der Waals surface area contributed by atoms with E-state index in [0.717, 1.165) is 5.56 Å². The van der Waals surface area contributed by atoms with Gasteiger partial charge in [0.05, 0.1) is 15.3 Å². The van der Waals surface area contributed by atoms with Crippen molar-refractivity contribution < 1.29 is 14.5 Å². The van der Waals surface area contributed by atoms with Crippen LogP contribution in [-0.2, 0) is 11.2 Å². The molecule has 3 rings (SSSR count). The van der Waals surface area contributed by atoms with E-state index < -0.39 is 5.78 Å². The summed E-state index contributed by atoms with van der Waals surface area (Å²) in [6.45, 7) is 0. The Morgan fingerprint density at radius 1 is 0.870 bits per heavy atom. The van der Waals surface area contributed by atoms with Crippen molar-refractivity contribution in [3.63, 3.8) is 0 Å². The van der Waals surface area contributed by atoms with Crippen molar-refractivity contribution in [3.05, 3.63) is 81.2 Å². The predicted molar refractivity (Wildman–Crippen MR) is 87.6 cm³/mol. The Kier molecular flexibility index (Phi) is 4.12. The van der Waals surface area contributed by atoms with Crippen LogP contribution in [0, 0.1) is 10.4 Å². The lowest BCUT2D eigenvalue weighted by Crippen LogP contribution is -2.23. The number of aryl methyl sites for hydroxylation is 1. The van der Waals surface area contributed by atoms with Crippen LogP contribution in [0.25, 0.3) is 0 Å². The molecule has 0 aliphatic carbocycles. The van der Waals surface area contributed by atoms with Crippen LogP contribution < -0.4 is 0 Å². The Bertz CT molecular complexity index is 811. The number of benzene rings is 2. The van der Waals surface area contributed by atoms with Crippen molar-refractivity contribution in [2.45, 2.75) is 12.8 Å². The third kappa shape index (κ3) is 2.96. The molecular formula is C17H13ClN2O3. The van der Waals surface area contributed by atoms with Gasteiger partial charge in [0.25, 0.3) is 0 Å². The van der Waals surface area contributed by atoms with Gasteiger partial charge in [-0.05, 0) is 36.2 Å². The molecule has 1 aliphatic heterocycles. The van der Waals surface area contributed by atoms with Gasteiger partial charge in [0.15, 0.2) is 0 Å². The second kappa shape index (κ2) is 6.22. The van der Waals surface area contributed by atoms with Crippen LogP contribution in [0.2, 0.25) is 5.02 Å². The molecule has 0 bridgehead atoms. The first kappa shape index (κ1) is 15.2. The molecule has 0 amide bonds. The van der Waals surface area contributed by atoms with E-state index in [9.17, 15) is 15.2 Å². The molecule has 0 fully saturated rings. The summed E-state index contributed by atoms with van der Waals surface area (Å²) in [5.74, 6) is -0.534. The summed E-state index contributed by atoms with van der Waals surface area (Å²) < 4.78 is 0. The summed E-state index contributed by atoms with van der Waals surface area (Å²) in [6.07, 6.45) is 0.727. The molecule has 0 spiro atoms. The van der Waals surface area contributed by atoms with Crippen molar-refractivity contribution in [1.82, 2.24) is 0 Å². The molecule has 2 aromatic rings. The topological polar surface area (TPSA) is 69.2 Å². The van der Waals surface area contributed by atoms with E-state index >= 15 is 0 Å². The Balaban J connectivity index is 1.82. The van der Waals surface area contributed by atoms with E-state index in [1.54, 1.807) is 24.3 Å². The Labute approximate surface area is 137 Å². The Morgan fingerprint density at radius 3 is 2.17 bits per heavy atom. The number of halogens is 1. The van der Waals surface area contributed by atoms with Gasteiger partial charge in [-0.2, -0.15) is 0 Å². The number of nitrogens with zero attached hydrogens (tertiary/aromatic N) is 2. The van der Waals surface area contributed by atoms with E-state index in [1.807, 2.05) is 30.3 Å². The van der Waals surface area contributed by atoms with E-state index in [4.69, 9.17) is 11.6 Å². The SMILES string of the molecule is O=C1C(CCc2ccccc2)=[N+]([O-])[N+]([O-])=C1c1ccc(Cl)cc1. The number of Topliss-reactive ketones (excluding diaryl/α,β-unsaturated/α-hetero) is 1. The molecule has 116 valence electrons. The lowest BCUT2D eigenvalue weighted by atomic mass is 10.00. The monoisotopic (exact) mass is 328 g/mol. The summed E-state index contributed by atoms with van der Waals surface area (Å²) in [7, 11) is 0. The fourth-order valence-electron chi connectivity index (χ4n) is 2.48. The van der Waals surface area contributed by atoms with Crippen LogP contribution in [0.3, 0.4) is 0 Å². The molecule has 0 aromatic heterocycles. The molecule has 1 aliphatic rings. The van der Waals surface area contributed by atoms with Crippen molar-refractivity contribution in [2.24, 2.45) is 0 Å². The minimum absolute atomic E-state index is 0.0474. The normalized spacial score (nSPS) is 14.7. The summed E-state index contributed by atoms with van der Waals surface area (Å²) in [4.78, 5) is 12.7. The third-order valence-corrected chi connectivity index (χ3v) is 3.93. The molecule has 0 saturated heterocycles. The van der Waals surface area contributed by atoms with Gasteiger partial charge in [-0.25, -0.2) is 0 Å². The summed E-state index contributed by atoms with van der Waals surface area (Å²) >= 11 is 5.80. The molecule has 23 heavy (non-hydrogen) atoms. The van der Waals surface area contributed by atoms with Crippen LogP contribution in [0.5, 0.6) is 0 Å². The van der Waals surface area contributed by atoms with E-state index in [2.05, 4.69) is 0 Å². The number of ketones is 1. The first-order chi connectivity index (χ1) is 11.1. The number of hydrogen-bond donors (Lipinski definition) is 0. The highest BCUT2D eigenvalue weighted by Gasteiger charge is 2.44. The number of rotatable bonds is 4. The molecule has 0 N–H and O–H groups in total. The van der Waals surface area contributed by atoms with Crippen molar-refractivity contribution in [1.29, 1.82) is 0 Å². The van der Waals surface area contributed by atoms with Crippen LogP contribution in [0.4, 0.5) is 0 Å². The highest BCUT2D eigenvalue weighted by molar-refractivity contribution is 6.68. The Hall–Kier alpha value is -2.66. The zero-order valence-corrected chi connectivity index (χ0v) is 12.9. The van der Waals surface area contributed by atoms with Crippen molar-refractivity contribution in [2.75, 3.05) is 0 Å². The smallest absolute Gasteiger partial charge is 0.348 e. The third-order valence-electron chi connectivity index (χ3n) is 3.68. The number of hydrazone groups is 2. The van der Waals surface area contributed by atoms with Gasteiger partial charge in [0.2, 0.25) is 0 Å². The van der Waals surface area contributed by atoms with Crippen LogP contribution in [0.1, 0.15) is 17.5 Å². The first-order valence-corrected chi connectivity index (χ1v) is 7.47. The van der Waals surface area contributed by atoms with Crippen LogP contribution in [0.15, 0.2) is 54.6 Å². The predicted octanol–water partition coefficient (Wildman–Crippen LogP) is 2.72. The lowest BCUT2D eigenvalue weighted by molar-refractivity contribution is -1.05. The fraction of sp³-hybridized carbons (Fsp3) is 0.118. The van der Waals surface area contributed by atoms with Gasteiger partial charge in [0, 0.05) is 11.4 Å². The number of carbonyl (C=O) groups is 1. The minimum Gasteiger partial charge on any atom is -0.561 e. The van der Waals surface area contributed by atoms with Crippen molar-refractivity contribution in [3.8, 4) is 0 Å². The van der Waals surface area contributed by atoms with Gasteiger partial charge in [-0.15, -0.1) is 0 Å². The highest BCUT2D eigenvalue weighted by atomic mass is 35.5. The number of hydrazine groups is 1. The molecule has 1 heterocycles. The molecule has 5 nitrogen and oxygen atoms in total. The Morgan fingerprint density at radius 2 is 1.52 bits per heavy atom. The van der Waals surface area contributed by atoms with Crippen molar-refractivity contribution >= 4 is 28.8 Å². The maximum absolute atomic E-state index is 12.4. The summed E-state index contributed by atoms with van der Waals surface area (Å²) in [5, 5.41) is 24.5. The molecular weight excluding hydrogens is 316 g/mol. The molecule has 6 heteroatoms. The zero-order chi connectivity index (χ0) is 16.4. The summed E-state index contributed by atoms with van der Waals surface area (Å²) in [6, 6.07) is 15.7. The second-order valence-corrected chi connectivity index (χ2v) is 5.60. The van der Waals surface area contributed by atoms with E-state index in [1.165, 1.54) is 0 Å². The first-order valence-electron chi connectivity index (χ1n) is 7.09. The zero-order valence-electron chi connectivity index (χ0n) is 12.1. The van der Waals surface area contributed by atoms with Crippen LogP contribution in [-0.4, -0.2) is 26.9 Å². The maximum Gasteiger partial charge on any atom is 0.348 e. The molecule has 0 unspecified atom stereocenters. The quantitative estimate of drug-likeness (QED) is 0.640. The second-order valence-electron chi connectivity index (χ2n) is 5.16. The number of carbonyl (C=O) groups excluding carboxylic acids is 1. The molecule has 0 radical (unpaired) electrons. The minimum atomic E-state index is -0.534. The highest BCUT2D eigenvalue weighted by Crippen LogP contribution is 2.15. The average molecular weight is 329 g/mol. The molecule has 0 saturated carbocycles. The van der Waals surface area contributed by atoms with Gasteiger partial charge >= 0.3 is 17.2 Å². The van der Waals surface area contributed by atoms with Gasteiger partial charge in [-0.3, -0.25) is 4.79 Å². The number of hydrogen-bond acceptors (Lipinski definition) is 3. The molecule has 2 aromatic carbocycles. The lowest BCUT2D eigenvalue weighted by Gasteiger charge is -1.99. The summed E-state index contributed by atoms with van der Waals surface area (Å²) in [5.41, 5.74) is 1.16. The van der Waals surface area contributed by atoms with E-state index in [-0.39, 0.29) is 27.5 Å². The standard InChI is InChI=1S/C17H13ClN2O3/c18-14-9-7-13(8-10-14)16-17(21)15(19(22)20(16)23)11-6-12-4-2-1-3-5-12/h1-5,7-10H,6,11H2. The van der Waals surface area contributed by atoms with Crippen LogP contribution >= 0.6 is 11.6 Å².